The van der Waals surface area contributed by atoms with E-state index in [1.165, 1.54) is 12.1 Å². The Morgan fingerprint density at radius 1 is 1.22 bits per heavy atom. The Morgan fingerprint density at radius 2 is 1.91 bits per heavy atom. The maximum atomic E-state index is 13.0. The normalized spacial score (nSPS) is 11.3. The number of alkyl halides is 3. The van der Waals surface area contributed by atoms with Gasteiger partial charge < -0.3 is 14.5 Å². The van der Waals surface area contributed by atoms with E-state index in [4.69, 9.17) is 20.8 Å². The maximum absolute atomic E-state index is 13.0. The maximum Gasteiger partial charge on any atom is 0.437 e. The Balaban J connectivity index is 1.56. The van der Waals surface area contributed by atoms with Gasteiger partial charge in [-0.25, -0.2) is 14.2 Å². The number of nitrogens with one attached hydrogen (secondary N) is 1. The molecule has 2 aromatic heterocycles. The monoisotopic (exact) mass is 474 g/mol. The highest BCUT2D eigenvalue weighted by Crippen LogP contribution is 2.32. The highest BCUT2D eigenvalue weighted by molar-refractivity contribution is 6.33. The predicted octanol–water partition coefficient (Wildman–Crippen LogP) is 2.89. The molecule has 0 radical (unpaired) electrons. The number of anilines is 1. The summed E-state index contributed by atoms with van der Waals surface area (Å²) >= 11 is 5.67. The first-order valence-electron chi connectivity index (χ1n) is 8.55. The summed E-state index contributed by atoms with van der Waals surface area (Å²) in [5.74, 6) is -4.00. The third-order valence-corrected chi connectivity index (χ3v) is 4.06. The summed E-state index contributed by atoms with van der Waals surface area (Å²) in [7, 11) is 0. The number of esters is 1. The average Bonchev–Trinajstić information content (AvgIpc) is 3.08. The molecule has 0 aliphatic rings. The van der Waals surface area contributed by atoms with Crippen LogP contribution in [0.5, 0.6) is 0 Å². The summed E-state index contributed by atoms with van der Waals surface area (Å²) in [6.45, 7) is -1.54. The first kappa shape index (κ1) is 22.9. The third kappa shape index (κ3) is 5.69. The van der Waals surface area contributed by atoms with Crippen molar-refractivity contribution < 1.29 is 36.3 Å². The van der Waals surface area contributed by atoms with Crippen molar-refractivity contribution in [3.05, 3.63) is 63.5 Å². The minimum absolute atomic E-state index is 0.163. The van der Waals surface area contributed by atoms with E-state index in [1.807, 2.05) is 0 Å². The summed E-state index contributed by atoms with van der Waals surface area (Å²) in [5, 5.41) is 5.40. The molecule has 0 aliphatic carbocycles. The van der Waals surface area contributed by atoms with E-state index in [9.17, 15) is 31.9 Å². The number of hydrogen-bond acceptors (Lipinski definition) is 7. The molecule has 0 saturated carbocycles. The SMILES string of the molecule is O=C(COC(=O)Cn1nc(-c2ccc(F)cc2)oc1=O)Nc1ncc(C(F)(F)F)cc1Cl. The molecule has 168 valence electrons. The summed E-state index contributed by atoms with van der Waals surface area (Å²) in [4.78, 5) is 38.9. The fourth-order valence-corrected chi connectivity index (χ4v) is 2.50. The second-order valence-corrected chi connectivity index (χ2v) is 6.51. The van der Waals surface area contributed by atoms with Gasteiger partial charge in [0.25, 0.3) is 5.91 Å². The van der Waals surface area contributed by atoms with Gasteiger partial charge in [0.15, 0.2) is 12.4 Å². The van der Waals surface area contributed by atoms with Gasteiger partial charge in [0, 0.05) is 11.8 Å². The number of amides is 1. The van der Waals surface area contributed by atoms with Crippen molar-refractivity contribution in [2.24, 2.45) is 0 Å². The molecule has 1 N–H and O–H groups in total. The highest BCUT2D eigenvalue weighted by Gasteiger charge is 2.31. The zero-order valence-corrected chi connectivity index (χ0v) is 16.4. The van der Waals surface area contributed by atoms with E-state index < -0.39 is 53.4 Å². The Morgan fingerprint density at radius 3 is 2.53 bits per heavy atom. The van der Waals surface area contributed by atoms with Crippen molar-refractivity contribution in [2.45, 2.75) is 12.7 Å². The number of benzene rings is 1. The van der Waals surface area contributed by atoms with Gasteiger partial charge in [0.2, 0.25) is 5.89 Å². The number of halogens is 5. The second-order valence-electron chi connectivity index (χ2n) is 6.10. The third-order valence-electron chi connectivity index (χ3n) is 3.77. The van der Waals surface area contributed by atoms with Crippen molar-refractivity contribution in [2.75, 3.05) is 11.9 Å². The van der Waals surface area contributed by atoms with Gasteiger partial charge in [-0.05, 0) is 30.3 Å². The van der Waals surface area contributed by atoms with Crippen LogP contribution in [0.4, 0.5) is 23.4 Å². The van der Waals surface area contributed by atoms with Gasteiger partial charge in [-0.3, -0.25) is 9.59 Å². The lowest BCUT2D eigenvalue weighted by Crippen LogP contribution is -2.26. The fourth-order valence-electron chi connectivity index (χ4n) is 2.28. The molecule has 14 heteroatoms. The Bertz CT molecular complexity index is 1210. The molecule has 0 unspecified atom stereocenters. The molecule has 0 aliphatic heterocycles. The molecule has 9 nitrogen and oxygen atoms in total. The Labute approximate surface area is 180 Å². The van der Waals surface area contributed by atoms with Crippen molar-refractivity contribution in [1.29, 1.82) is 0 Å². The molecule has 2 heterocycles. The summed E-state index contributed by atoms with van der Waals surface area (Å²) in [6.07, 6.45) is -4.19. The van der Waals surface area contributed by atoms with Crippen LogP contribution in [0, 0.1) is 5.82 Å². The number of carbonyl (C=O) groups excluding carboxylic acids is 2. The molecule has 3 rings (SSSR count). The smallest absolute Gasteiger partial charge is 0.437 e. The average molecular weight is 475 g/mol. The van der Waals surface area contributed by atoms with Crippen LogP contribution in [0.15, 0.2) is 45.7 Å². The zero-order chi connectivity index (χ0) is 23.5. The summed E-state index contributed by atoms with van der Waals surface area (Å²) < 4.78 is 61.0. The predicted molar refractivity (Wildman–Crippen MR) is 100.0 cm³/mol. The van der Waals surface area contributed by atoms with E-state index in [2.05, 4.69) is 15.4 Å². The van der Waals surface area contributed by atoms with Crippen LogP contribution >= 0.6 is 11.6 Å². The molecule has 0 bridgehead atoms. The molecular formula is C18H11ClF4N4O5. The van der Waals surface area contributed by atoms with Crippen LogP contribution in [0.1, 0.15) is 5.56 Å². The number of aromatic nitrogens is 3. The van der Waals surface area contributed by atoms with Crippen LogP contribution in [-0.2, 0) is 27.0 Å². The van der Waals surface area contributed by atoms with Gasteiger partial charge in [-0.1, -0.05) is 11.6 Å². The van der Waals surface area contributed by atoms with Gasteiger partial charge in [-0.2, -0.15) is 17.9 Å². The number of ether oxygens (including phenoxy) is 1. The van der Waals surface area contributed by atoms with Gasteiger partial charge in [0.1, 0.15) is 12.4 Å². The van der Waals surface area contributed by atoms with Crippen LogP contribution in [0.25, 0.3) is 11.5 Å². The second kappa shape index (κ2) is 9.18. The van der Waals surface area contributed by atoms with Crippen molar-refractivity contribution in [3.8, 4) is 11.5 Å². The topological polar surface area (TPSA) is 116 Å². The molecule has 0 spiro atoms. The largest absolute Gasteiger partial charge is 0.454 e. The Kier molecular flexibility index (Phi) is 6.58. The minimum atomic E-state index is -4.66. The van der Waals surface area contributed by atoms with E-state index in [1.54, 1.807) is 0 Å². The number of carbonyl (C=O) groups is 2. The zero-order valence-electron chi connectivity index (χ0n) is 15.7. The molecule has 0 atom stereocenters. The minimum Gasteiger partial charge on any atom is -0.454 e. The standard InChI is InChI=1S/C18H11ClF4N4O5/c19-12-5-10(18(21,22)23)6-24-15(12)25-13(28)8-31-14(29)7-27-17(30)32-16(26-27)9-1-3-11(20)4-2-9/h1-6H,7-8H2,(H,24,25,28). The van der Waals surface area contributed by atoms with E-state index >= 15 is 0 Å². The fraction of sp³-hybridized carbons (Fsp3) is 0.167. The molecule has 32 heavy (non-hydrogen) atoms. The molecular weight excluding hydrogens is 464 g/mol. The highest BCUT2D eigenvalue weighted by atomic mass is 35.5. The van der Waals surface area contributed by atoms with Crippen LogP contribution in [-0.4, -0.2) is 33.2 Å². The van der Waals surface area contributed by atoms with Gasteiger partial charge >= 0.3 is 17.9 Å². The molecule has 1 aromatic carbocycles. The van der Waals surface area contributed by atoms with Crippen LogP contribution in [0.2, 0.25) is 5.02 Å². The number of nitrogens with zero attached hydrogens (tertiary/aromatic N) is 3. The molecule has 1 amide bonds. The lowest BCUT2D eigenvalue weighted by molar-refractivity contribution is -0.148. The lowest BCUT2D eigenvalue weighted by atomic mass is 10.2. The lowest BCUT2D eigenvalue weighted by Gasteiger charge is -2.10. The van der Waals surface area contributed by atoms with E-state index in [-0.39, 0.29) is 17.3 Å². The first-order chi connectivity index (χ1) is 15.0. The number of pyridine rings is 1. The summed E-state index contributed by atoms with van der Waals surface area (Å²) in [6, 6.07) is 5.45. The van der Waals surface area contributed by atoms with Crippen LogP contribution < -0.4 is 11.1 Å². The van der Waals surface area contributed by atoms with E-state index in [0.29, 0.717) is 16.9 Å². The molecule has 0 saturated heterocycles. The van der Waals surface area contributed by atoms with E-state index in [0.717, 1.165) is 12.1 Å². The van der Waals surface area contributed by atoms with Gasteiger partial charge in [0.05, 0.1) is 10.6 Å². The Hall–Kier alpha value is -3.74. The number of hydrogen-bond donors (Lipinski definition) is 1. The van der Waals surface area contributed by atoms with Crippen molar-refractivity contribution >= 4 is 29.3 Å². The van der Waals surface area contributed by atoms with Crippen molar-refractivity contribution in [1.82, 2.24) is 14.8 Å². The number of rotatable bonds is 6. The van der Waals surface area contributed by atoms with Gasteiger partial charge in [-0.15, -0.1) is 5.10 Å². The molecule has 0 fully saturated rings. The molecule has 3 aromatic rings. The quantitative estimate of drug-likeness (QED) is 0.431. The summed E-state index contributed by atoms with van der Waals surface area (Å²) in [5.41, 5.74) is -0.819. The first-order valence-corrected chi connectivity index (χ1v) is 8.93. The van der Waals surface area contributed by atoms with Crippen molar-refractivity contribution in [3.63, 3.8) is 0 Å². The van der Waals surface area contributed by atoms with Crippen LogP contribution in [0.3, 0.4) is 0 Å².